The van der Waals surface area contributed by atoms with Crippen molar-refractivity contribution in [2.24, 2.45) is 5.92 Å². The SMILES string of the molecule is CCNCc1cc(S(=O)(=O)NC2CC2CC)c(C)s1. The van der Waals surface area contributed by atoms with Gasteiger partial charge in [0, 0.05) is 22.3 Å². The van der Waals surface area contributed by atoms with E-state index >= 15 is 0 Å². The third-order valence-electron chi connectivity index (χ3n) is 3.52. The van der Waals surface area contributed by atoms with Crippen molar-refractivity contribution in [2.75, 3.05) is 6.54 Å². The highest BCUT2D eigenvalue weighted by Crippen LogP contribution is 2.35. The summed E-state index contributed by atoms with van der Waals surface area (Å²) in [6.07, 6.45) is 2.02. The van der Waals surface area contributed by atoms with Gasteiger partial charge in [0.15, 0.2) is 0 Å². The second-order valence-electron chi connectivity index (χ2n) is 5.05. The first-order valence-electron chi connectivity index (χ1n) is 6.80. The molecule has 2 unspecified atom stereocenters. The van der Waals surface area contributed by atoms with Gasteiger partial charge in [0.1, 0.15) is 0 Å². The van der Waals surface area contributed by atoms with Crippen LogP contribution in [0.2, 0.25) is 0 Å². The molecule has 0 bridgehead atoms. The van der Waals surface area contributed by atoms with Crippen LogP contribution in [0.1, 0.15) is 36.4 Å². The molecule has 1 fully saturated rings. The van der Waals surface area contributed by atoms with Crippen LogP contribution in [-0.4, -0.2) is 21.0 Å². The van der Waals surface area contributed by atoms with E-state index in [4.69, 9.17) is 0 Å². The minimum Gasteiger partial charge on any atom is -0.312 e. The Labute approximate surface area is 119 Å². The molecular weight excluding hydrogens is 280 g/mol. The lowest BCUT2D eigenvalue weighted by Gasteiger charge is -2.05. The Bertz CT molecular complexity index is 537. The second kappa shape index (κ2) is 5.91. The zero-order valence-electron chi connectivity index (χ0n) is 11.7. The van der Waals surface area contributed by atoms with Crippen molar-refractivity contribution >= 4 is 21.4 Å². The molecule has 1 aliphatic carbocycles. The average molecular weight is 302 g/mol. The fourth-order valence-corrected chi connectivity index (χ4v) is 5.15. The Hall–Kier alpha value is -0.430. The average Bonchev–Trinajstić information content (AvgIpc) is 2.97. The van der Waals surface area contributed by atoms with Gasteiger partial charge in [-0.05, 0) is 31.9 Å². The van der Waals surface area contributed by atoms with E-state index in [1.165, 1.54) is 0 Å². The summed E-state index contributed by atoms with van der Waals surface area (Å²) in [7, 11) is -3.34. The molecule has 4 nitrogen and oxygen atoms in total. The predicted octanol–water partition coefficient (Wildman–Crippen LogP) is 2.24. The van der Waals surface area contributed by atoms with E-state index in [1.54, 1.807) is 17.4 Å². The molecule has 1 aliphatic rings. The standard InChI is InChI=1S/C13H22N2O2S2/c1-4-10-6-12(10)15-19(16,17)13-7-11(8-14-5-2)18-9(13)3/h7,10,12,14-15H,4-6,8H2,1-3H3. The summed E-state index contributed by atoms with van der Waals surface area (Å²) >= 11 is 1.55. The Morgan fingerprint density at radius 3 is 2.74 bits per heavy atom. The Kier molecular flexibility index (Phi) is 4.66. The molecule has 1 aromatic rings. The maximum Gasteiger partial charge on any atom is 0.241 e. The van der Waals surface area contributed by atoms with Crippen molar-refractivity contribution in [3.63, 3.8) is 0 Å². The Balaban J connectivity index is 2.09. The van der Waals surface area contributed by atoms with Crippen LogP contribution >= 0.6 is 11.3 Å². The number of rotatable bonds is 7. The molecule has 1 saturated carbocycles. The lowest BCUT2D eigenvalue weighted by molar-refractivity contribution is 0.575. The molecule has 108 valence electrons. The molecule has 2 atom stereocenters. The highest BCUT2D eigenvalue weighted by atomic mass is 32.2. The molecule has 0 aliphatic heterocycles. The van der Waals surface area contributed by atoms with Crippen LogP contribution < -0.4 is 10.0 Å². The third kappa shape index (κ3) is 3.56. The van der Waals surface area contributed by atoms with E-state index in [0.717, 1.165) is 35.7 Å². The van der Waals surface area contributed by atoms with Crippen molar-refractivity contribution in [1.29, 1.82) is 0 Å². The van der Waals surface area contributed by atoms with E-state index in [0.29, 0.717) is 10.8 Å². The maximum atomic E-state index is 12.3. The van der Waals surface area contributed by atoms with Crippen LogP contribution in [0, 0.1) is 12.8 Å². The van der Waals surface area contributed by atoms with Gasteiger partial charge in [-0.3, -0.25) is 0 Å². The molecule has 19 heavy (non-hydrogen) atoms. The summed E-state index contributed by atoms with van der Waals surface area (Å²) in [5.41, 5.74) is 0. The van der Waals surface area contributed by atoms with Crippen LogP contribution in [0.4, 0.5) is 0 Å². The number of thiophene rings is 1. The van der Waals surface area contributed by atoms with Gasteiger partial charge in [-0.15, -0.1) is 11.3 Å². The van der Waals surface area contributed by atoms with Gasteiger partial charge in [0.05, 0.1) is 4.90 Å². The summed E-state index contributed by atoms with van der Waals surface area (Å²) in [4.78, 5) is 2.39. The van der Waals surface area contributed by atoms with Crippen molar-refractivity contribution in [2.45, 2.75) is 51.1 Å². The highest BCUT2D eigenvalue weighted by molar-refractivity contribution is 7.89. The van der Waals surface area contributed by atoms with E-state index < -0.39 is 10.0 Å². The Morgan fingerprint density at radius 1 is 1.42 bits per heavy atom. The van der Waals surface area contributed by atoms with Gasteiger partial charge < -0.3 is 5.32 Å². The molecule has 0 aromatic carbocycles. The summed E-state index contributed by atoms with van der Waals surface area (Å²) in [5.74, 6) is 0.523. The fraction of sp³-hybridized carbons (Fsp3) is 0.692. The fourth-order valence-electron chi connectivity index (χ4n) is 2.23. The maximum absolute atomic E-state index is 12.3. The first kappa shape index (κ1) is 15.0. The molecule has 2 N–H and O–H groups in total. The number of hydrogen-bond donors (Lipinski definition) is 2. The topological polar surface area (TPSA) is 58.2 Å². The number of hydrogen-bond acceptors (Lipinski definition) is 4. The van der Waals surface area contributed by atoms with Crippen LogP contribution in [0.5, 0.6) is 0 Å². The van der Waals surface area contributed by atoms with Crippen molar-refractivity contribution in [3.8, 4) is 0 Å². The normalized spacial score (nSPS) is 22.7. The second-order valence-corrected chi connectivity index (χ2v) is 8.07. The molecular formula is C13H22N2O2S2. The first-order chi connectivity index (χ1) is 8.97. The minimum absolute atomic E-state index is 0.145. The van der Waals surface area contributed by atoms with Crippen molar-refractivity contribution in [1.82, 2.24) is 10.0 Å². The smallest absolute Gasteiger partial charge is 0.241 e. The van der Waals surface area contributed by atoms with Crippen LogP contribution in [0.25, 0.3) is 0 Å². The first-order valence-corrected chi connectivity index (χ1v) is 9.10. The van der Waals surface area contributed by atoms with Crippen molar-refractivity contribution in [3.05, 3.63) is 15.8 Å². The molecule has 0 spiro atoms. The molecule has 0 amide bonds. The van der Waals surface area contributed by atoms with E-state index in [-0.39, 0.29) is 6.04 Å². The minimum atomic E-state index is -3.34. The van der Waals surface area contributed by atoms with Crippen molar-refractivity contribution < 1.29 is 8.42 Å². The van der Waals surface area contributed by atoms with Gasteiger partial charge in [0.2, 0.25) is 10.0 Å². The summed E-state index contributed by atoms with van der Waals surface area (Å²) in [6.45, 7) is 7.63. The van der Waals surface area contributed by atoms with Gasteiger partial charge in [-0.1, -0.05) is 20.3 Å². The van der Waals surface area contributed by atoms with Crippen LogP contribution in [-0.2, 0) is 16.6 Å². The largest absolute Gasteiger partial charge is 0.312 e. The van der Waals surface area contributed by atoms with Gasteiger partial charge in [0.25, 0.3) is 0 Å². The molecule has 0 saturated heterocycles. The lowest BCUT2D eigenvalue weighted by atomic mass is 10.3. The van der Waals surface area contributed by atoms with Gasteiger partial charge >= 0.3 is 0 Å². The Morgan fingerprint density at radius 2 is 2.16 bits per heavy atom. The molecule has 2 rings (SSSR count). The highest BCUT2D eigenvalue weighted by Gasteiger charge is 2.39. The molecule has 0 radical (unpaired) electrons. The number of sulfonamides is 1. The number of aryl methyl sites for hydroxylation is 1. The molecule has 1 heterocycles. The third-order valence-corrected chi connectivity index (χ3v) is 6.31. The quantitative estimate of drug-likeness (QED) is 0.812. The van der Waals surface area contributed by atoms with Gasteiger partial charge in [-0.25, -0.2) is 13.1 Å². The summed E-state index contributed by atoms with van der Waals surface area (Å²) in [6, 6.07) is 1.94. The van der Waals surface area contributed by atoms with Crippen LogP contribution in [0.15, 0.2) is 11.0 Å². The zero-order chi connectivity index (χ0) is 14.0. The summed E-state index contributed by atoms with van der Waals surface area (Å²) in [5, 5.41) is 3.22. The van der Waals surface area contributed by atoms with Gasteiger partial charge in [-0.2, -0.15) is 0 Å². The lowest BCUT2D eigenvalue weighted by Crippen LogP contribution is -2.27. The van der Waals surface area contributed by atoms with Crippen LogP contribution in [0.3, 0.4) is 0 Å². The zero-order valence-corrected chi connectivity index (χ0v) is 13.3. The van der Waals surface area contributed by atoms with E-state index in [2.05, 4.69) is 17.0 Å². The van der Waals surface area contributed by atoms with E-state index in [1.807, 2.05) is 13.8 Å². The molecule has 6 heteroatoms. The monoisotopic (exact) mass is 302 g/mol. The predicted molar refractivity (Wildman–Crippen MR) is 78.9 cm³/mol. The van der Waals surface area contributed by atoms with E-state index in [9.17, 15) is 8.42 Å². The molecule has 1 aromatic heterocycles. The summed E-state index contributed by atoms with van der Waals surface area (Å²) < 4.78 is 27.5. The number of nitrogens with one attached hydrogen (secondary N) is 2.